The molecule has 102 valence electrons. The number of hydrogen-bond acceptors (Lipinski definition) is 2. The Bertz CT molecular complexity index is 528. The Labute approximate surface area is 111 Å². The Morgan fingerprint density at radius 3 is 2.68 bits per heavy atom. The van der Waals surface area contributed by atoms with E-state index in [1.54, 1.807) is 33.2 Å². The highest BCUT2D eigenvalue weighted by molar-refractivity contribution is 6.00. The highest BCUT2D eigenvalue weighted by Crippen LogP contribution is 2.27. The Balaban J connectivity index is 2.20. The minimum Gasteiger partial charge on any atom is -0.349 e. The Morgan fingerprint density at radius 2 is 2.11 bits per heavy atom. The van der Waals surface area contributed by atoms with Gasteiger partial charge in [-0.3, -0.25) is 9.59 Å². The highest BCUT2D eigenvalue weighted by Gasteiger charge is 2.35. The van der Waals surface area contributed by atoms with E-state index in [1.165, 1.54) is 15.9 Å². The number of amides is 2. The predicted octanol–water partition coefficient (Wildman–Crippen LogP) is 1.58. The smallest absolute Gasteiger partial charge is 0.227 e. The second-order valence-electron chi connectivity index (χ2n) is 5.07. The quantitative estimate of drug-likeness (QED) is 0.813. The Kier molecular flexibility index (Phi) is 3.55. The molecule has 0 radical (unpaired) electrons. The van der Waals surface area contributed by atoms with Crippen LogP contribution in [-0.2, 0) is 9.59 Å². The van der Waals surface area contributed by atoms with E-state index in [0.717, 1.165) is 0 Å². The van der Waals surface area contributed by atoms with Crippen molar-refractivity contribution in [2.24, 2.45) is 5.92 Å². The van der Waals surface area contributed by atoms with Crippen LogP contribution in [0.2, 0.25) is 0 Å². The lowest BCUT2D eigenvalue weighted by Gasteiger charge is -2.18. The van der Waals surface area contributed by atoms with Crippen molar-refractivity contribution in [2.75, 3.05) is 25.5 Å². The summed E-state index contributed by atoms with van der Waals surface area (Å²) in [6.45, 7) is 1.99. The zero-order chi connectivity index (χ0) is 14.2. The average molecular weight is 264 g/mol. The Hall–Kier alpha value is -1.91. The van der Waals surface area contributed by atoms with Crippen LogP contribution < -0.4 is 4.90 Å². The molecule has 0 aliphatic carbocycles. The van der Waals surface area contributed by atoms with Gasteiger partial charge in [0.1, 0.15) is 5.82 Å². The van der Waals surface area contributed by atoms with Crippen LogP contribution in [0.15, 0.2) is 18.2 Å². The summed E-state index contributed by atoms with van der Waals surface area (Å²) in [5.41, 5.74) is 1.05. The van der Waals surface area contributed by atoms with Gasteiger partial charge in [0.25, 0.3) is 0 Å². The van der Waals surface area contributed by atoms with Crippen LogP contribution in [0.5, 0.6) is 0 Å². The van der Waals surface area contributed by atoms with Crippen LogP contribution in [0.1, 0.15) is 12.0 Å². The van der Waals surface area contributed by atoms with E-state index in [0.29, 0.717) is 17.8 Å². The summed E-state index contributed by atoms with van der Waals surface area (Å²) in [4.78, 5) is 26.8. The first kappa shape index (κ1) is 13.5. The molecule has 2 rings (SSSR count). The summed E-state index contributed by atoms with van der Waals surface area (Å²) >= 11 is 0. The van der Waals surface area contributed by atoms with Crippen LogP contribution in [0.4, 0.5) is 10.1 Å². The number of rotatable bonds is 2. The third kappa shape index (κ3) is 2.59. The van der Waals surface area contributed by atoms with Gasteiger partial charge in [0.15, 0.2) is 0 Å². The molecular weight excluding hydrogens is 247 g/mol. The summed E-state index contributed by atoms with van der Waals surface area (Å²) in [6.07, 6.45) is 0.187. The standard InChI is InChI=1S/C14H17FN2O2/c1-9-4-5-11(7-12(9)15)17-8-10(6-13(17)18)14(19)16(2)3/h4-5,7,10H,6,8H2,1-3H3. The molecule has 0 spiro atoms. The largest absolute Gasteiger partial charge is 0.349 e. The summed E-state index contributed by atoms with van der Waals surface area (Å²) in [5, 5.41) is 0. The van der Waals surface area contributed by atoms with Crippen molar-refractivity contribution in [3.63, 3.8) is 0 Å². The van der Waals surface area contributed by atoms with Crippen LogP contribution in [0, 0.1) is 18.7 Å². The first-order chi connectivity index (χ1) is 8.90. The summed E-state index contributed by atoms with van der Waals surface area (Å²) in [5.74, 6) is -0.883. The minimum absolute atomic E-state index is 0.0663. The molecule has 0 bridgehead atoms. The van der Waals surface area contributed by atoms with Gasteiger partial charge in [0.05, 0.1) is 5.92 Å². The summed E-state index contributed by atoms with van der Waals surface area (Å²) in [6, 6.07) is 4.69. The van der Waals surface area contributed by atoms with E-state index in [2.05, 4.69) is 0 Å². The topological polar surface area (TPSA) is 40.6 Å². The zero-order valence-corrected chi connectivity index (χ0v) is 11.3. The number of anilines is 1. The van der Waals surface area contributed by atoms with Crippen LogP contribution in [-0.4, -0.2) is 37.4 Å². The van der Waals surface area contributed by atoms with E-state index in [1.807, 2.05) is 0 Å². The number of aryl methyl sites for hydroxylation is 1. The number of benzene rings is 1. The fraction of sp³-hybridized carbons (Fsp3) is 0.429. The molecule has 1 aromatic rings. The zero-order valence-electron chi connectivity index (χ0n) is 11.3. The predicted molar refractivity (Wildman–Crippen MR) is 70.3 cm³/mol. The fourth-order valence-corrected chi connectivity index (χ4v) is 2.24. The number of nitrogens with zero attached hydrogens (tertiary/aromatic N) is 2. The molecule has 1 aliphatic rings. The lowest BCUT2D eigenvalue weighted by atomic mass is 10.1. The number of hydrogen-bond donors (Lipinski definition) is 0. The molecule has 5 heteroatoms. The van der Waals surface area contributed by atoms with Gasteiger partial charge in [-0.15, -0.1) is 0 Å². The molecule has 19 heavy (non-hydrogen) atoms. The molecule has 1 saturated heterocycles. The molecule has 0 saturated carbocycles. The van der Waals surface area contributed by atoms with Crippen LogP contribution in [0.3, 0.4) is 0 Å². The van der Waals surface area contributed by atoms with Gasteiger partial charge in [-0.2, -0.15) is 0 Å². The van der Waals surface area contributed by atoms with Crippen molar-refractivity contribution in [3.8, 4) is 0 Å². The maximum Gasteiger partial charge on any atom is 0.227 e. The van der Waals surface area contributed by atoms with E-state index in [9.17, 15) is 14.0 Å². The molecule has 1 aromatic carbocycles. The molecular formula is C14H17FN2O2. The van der Waals surface area contributed by atoms with Gasteiger partial charge in [-0.25, -0.2) is 4.39 Å². The van der Waals surface area contributed by atoms with Gasteiger partial charge >= 0.3 is 0 Å². The fourth-order valence-electron chi connectivity index (χ4n) is 2.24. The number of halogens is 1. The minimum atomic E-state index is -0.341. The van der Waals surface area contributed by atoms with E-state index in [-0.39, 0.29) is 30.0 Å². The van der Waals surface area contributed by atoms with E-state index < -0.39 is 0 Å². The Morgan fingerprint density at radius 1 is 1.42 bits per heavy atom. The highest BCUT2D eigenvalue weighted by atomic mass is 19.1. The maximum absolute atomic E-state index is 13.5. The molecule has 1 fully saturated rings. The summed E-state index contributed by atoms with van der Waals surface area (Å²) in [7, 11) is 3.34. The van der Waals surface area contributed by atoms with Crippen LogP contribution >= 0.6 is 0 Å². The maximum atomic E-state index is 13.5. The van der Waals surface area contributed by atoms with Crippen molar-refractivity contribution in [1.29, 1.82) is 0 Å². The van der Waals surface area contributed by atoms with Crippen LogP contribution in [0.25, 0.3) is 0 Å². The number of carbonyl (C=O) groups excluding carboxylic acids is 2. The van der Waals surface area contributed by atoms with Crippen molar-refractivity contribution in [1.82, 2.24) is 4.90 Å². The summed E-state index contributed by atoms with van der Waals surface area (Å²) < 4.78 is 13.5. The lowest BCUT2D eigenvalue weighted by molar-refractivity contribution is -0.133. The van der Waals surface area contributed by atoms with Crippen molar-refractivity contribution in [2.45, 2.75) is 13.3 Å². The molecule has 0 N–H and O–H groups in total. The van der Waals surface area contributed by atoms with Crippen molar-refractivity contribution < 1.29 is 14.0 Å². The monoisotopic (exact) mass is 264 g/mol. The molecule has 1 aliphatic heterocycles. The third-order valence-corrected chi connectivity index (χ3v) is 3.38. The lowest BCUT2D eigenvalue weighted by Crippen LogP contribution is -2.32. The van der Waals surface area contributed by atoms with Gasteiger partial charge in [0, 0.05) is 32.7 Å². The first-order valence-corrected chi connectivity index (χ1v) is 6.18. The molecule has 1 unspecified atom stereocenters. The SMILES string of the molecule is Cc1ccc(N2CC(C(=O)N(C)C)CC2=O)cc1F. The van der Waals surface area contributed by atoms with Crippen molar-refractivity contribution in [3.05, 3.63) is 29.6 Å². The molecule has 2 amide bonds. The molecule has 0 aromatic heterocycles. The third-order valence-electron chi connectivity index (χ3n) is 3.38. The van der Waals surface area contributed by atoms with Gasteiger partial charge in [0.2, 0.25) is 11.8 Å². The number of carbonyl (C=O) groups is 2. The van der Waals surface area contributed by atoms with Gasteiger partial charge in [-0.1, -0.05) is 6.07 Å². The second kappa shape index (κ2) is 4.99. The van der Waals surface area contributed by atoms with Gasteiger partial charge < -0.3 is 9.80 Å². The van der Waals surface area contributed by atoms with Gasteiger partial charge in [-0.05, 0) is 24.6 Å². The van der Waals surface area contributed by atoms with Crippen molar-refractivity contribution >= 4 is 17.5 Å². The van der Waals surface area contributed by atoms with E-state index >= 15 is 0 Å². The normalized spacial score (nSPS) is 18.8. The molecule has 1 atom stereocenters. The average Bonchev–Trinajstić information content (AvgIpc) is 2.73. The second-order valence-corrected chi connectivity index (χ2v) is 5.07. The molecule has 4 nitrogen and oxygen atoms in total. The molecule has 1 heterocycles. The van der Waals surface area contributed by atoms with E-state index in [4.69, 9.17) is 0 Å². The first-order valence-electron chi connectivity index (χ1n) is 6.18.